The predicted octanol–water partition coefficient (Wildman–Crippen LogP) is 0.498. The van der Waals surface area contributed by atoms with E-state index in [9.17, 15) is 14.7 Å². The van der Waals surface area contributed by atoms with Gasteiger partial charge in [0.15, 0.2) is 0 Å². The Labute approximate surface area is 94.7 Å². The molecule has 1 saturated carbocycles. The molecule has 4 atom stereocenters. The summed E-state index contributed by atoms with van der Waals surface area (Å²) in [5, 5.41) is 9.78. The normalized spacial score (nSPS) is 34.2. The second-order valence-electron chi connectivity index (χ2n) is 4.27. The van der Waals surface area contributed by atoms with Gasteiger partial charge in [0.1, 0.15) is 6.10 Å². The number of aliphatic hydroxyl groups is 1. The van der Waals surface area contributed by atoms with Crippen molar-refractivity contribution in [3.05, 3.63) is 0 Å². The Morgan fingerprint density at radius 3 is 2.44 bits per heavy atom. The molecule has 1 fully saturated rings. The fourth-order valence-corrected chi connectivity index (χ4v) is 2.07. The first-order valence-electron chi connectivity index (χ1n) is 5.38. The molecule has 0 bridgehead atoms. The van der Waals surface area contributed by atoms with E-state index in [0.717, 1.165) is 0 Å². The molecule has 92 valence electrons. The second-order valence-corrected chi connectivity index (χ2v) is 4.27. The maximum atomic E-state index is 11.4. The van der Waals surface area contributed by atoms with E-state index in [1.807, 2.05) is 6.92 Å². The summed E-state index contributed by atoms with van der Waals surface area (Å²) in [7, 11) is 1.31. The summed E-state index contributed by atoms with van der Waals surface area (Å²) in [6, 6.07) is 0. The van der Waals surface area contributed by atoms with Crippen LogP contribution >= 0.6 is 0 Å². The number of hydrogen-bond acceptors (Lipinski definition) is 5. The van der Waals surface area contributed by atoms with E-state index < -0.39 is 18.2 Å². The van der Waals surface area contributed by atoms with Crippen LogP contribution in [0.2, 0.25) is 0 Å². The highest BCUT2D eigenvalue weighted by atomic mass is 16.5. The number of hydrogen-bond donors (Lipinski definition) is 1. The molecule has 16 heavy (non-hydrogen) atoms. The van der Waals surface area contributed by atoms with Gasteiger partial charge in [-0.15, -0.1) is 0 Å². The van der Waals surface area contributed by atoms with E-state index in [-0.39, 0.29) is 17.8 Å². The Morgan fingerprint density at radius 1 is 1.31 bits per heavy atom. The molecule has 0 saturated heterocycles. The molecule has 0 heterocycles. The SMILES string of the molecule is COC(=O)[C@@H]1C[C@H](O)[C@H](C)[C@H](OC(C)=O)C1. The third-order valence-electron chi connectivity index (χ3n) is 3.09. The van der Waals surface area contributed by atoms with E-state index in [1.165, 1.54) is 14.0 Å². The van der Waals surface area contributed by atoms with Crippen molar-refractivity contribution in [3.8, 4) is 0 Å². The van der Waals surface area contributed by atoms with Crippen LogP contribution in [0.25, 0.3) is 0 Å². The number of aliphatic hydroxyl groups excluding tert-OH is 1. The van der Waals surface area contributed by atoms with Gasteiger partial charge < -0.3 is 14.6 Å². The summed E-state index contributed by atoms with van der Waals surface area (Å²) < 4.78 is 9.73. The van der Waals surface area contributed by atoms with E-state index in [2.05, 4.69) is 4.74 Å². The zero-order valence-electron chi connectivity index (χ0n) is 9.80. The van der Waals surface area contributed by atoms with Gasteiger partial charge in [0.2, 0.25) is 0 Å². The highest BCUT2D eigenvalue weighted by Gasteiger charge is 2.39. The predicted molar refractivity (Wildman–Crippen MR) is 55.5 cm³/mol. The van der Waals surface area contributed by atoms with Gasteiger partial charge in [-0.05, 0) is 12.8 Å². The third kappa shape index (κ3) is 2.95. The molecule has 1 aliphatic rings. The smallest absolute Gasteiger partial charge is 0.308 e. The average Bonchev–Trinajstić information content (AvgIpc) is 2.22. The van der Waals surface area contributed by atoms with Crippen LogP contribution in [-0.2, 0) is 19.1 Å². The minimum absolute atomic E-state index is 0.148. The summed E-state index contributed by atoms with van der Waals surface area (Å²) in [6.45, 7) is 3.13. The standard InChI is InChI=1S/C11H18O5/c1-6-9(13)4-8(11(14)15-3)5-10(6)16-7(2)12/h6,8-10,13H,4-5H2,1-3H3/t6-,8+,9-,10+/m0/s1. The highest BCUT2D eigenvalue weighted by Crippen LogP contribution is 2.32. The Balaban J connectivity index is 2.68. The van der Waals surface area contributed by atoms with Gasteiger partial charge in [-0.2, -0.15) is 0 Å². The van der Waals surface area contributed by atoms with Crippen LogP contribution in [0.1, 0.15) is 26.7 Å². The first-order valence-corrected chi connectivity index (χ1v) is 5.38. The molecule has 0 radical (unpaired) electrons. The molecule has 0 spiro atoms. The Hall–Kier alpha value is -1.10. The minimum atomic E-state index is -0.637. The molecule has 0 aliphatic heterocycles. The third-order valence-corrected chi connectivity index (χ3v) is 3.09. The molecule has 0 aromatic heterocycles. The molecule has 0 amide bonds. The van der Waals surface area contributed by atoms with Crippen molar-refractivity contribution >= 4 is 11.9 Å². The summed E-state index contributed by atoms with van der Waals surface area (Å²) in [4.78, 5) is 22.3. The fraction of sp³-hybridized carbons (Fsp3) is 0.818. The van der Waals surface area contributed by atoms with Crippen LogP contribution in [0.15, 0.2) is 0 Å². The monoisotopic (exact) mass is 230 g/mol. The van der Waals surface area contributed by atoms with Crippen molar-refractivity contribution in [1.29, 1.82) is 0 Å². The lowest BCUT2D eigenvalue weighted by molar-refractivity contribution is -0.164. The number of carbonyl (C=O) groups is 2. The molecule has 0 unspecified atom stereocenters. The fourth-order valence-electron chi connectivity index (χ4n) is 2.07. The van der Waals surface area contributed by atoms with Crippen molar-refractivity contribution < 1.29 is 24.2 Å². The lowest BCUT2D eigenvalue weighted by Crippen LogP contribution is -2.43. The van der Waals surface area contributed by atoms with Crippen LogP contribution in [0.3, 0.4) is 0 Å². The van der Waals surface area contributed by atoms with Crippen molar-refractivity contribution in [2.45, 2.75) is 38.9 Å². The summed E-state index contributed by atoms with van der Waals surface area (Å²) in [6.07, 6.45) is -0.261. The van der Waals surface area contributed by atoms with Gasteiger partial charge in [0, 0.05) is 12.8 Å². The molecule has 1 aliphatic carbocycles. The van der Waals surface area contributed by atoms with Gasteiger partial charge >= 0.3 is 11.9 Å². The second kappa shape index (κ2) is 5.30. The molecular formula is C11H18O5. The highest BCUT2D eigenvalue weighted by molar-refractivity contribution is 5.72. The minimum Gasteiger partial charge on any atom is -0.469 e. The number of methoxy groups -OCH3 is 1. The summed E-state index contributed by atoms with van der Waals surface area (Å²) in [5.41, 5.74) is 0. The molecule has 1 rings (SSSR count). The summed E-state index contributed by atoms with van der Waals surface area (Å²) >= 11 is 0. The molecule has 5 heteroatoms. The number of ether oxygens (including phenoxy) is 2. The van der Waals surface area contributed by atoms with Gasteiger partial charge in [0.05, 0.1) is 19.1 Å². The lowest BCUT2D eigenvalue weighted by Gasteiger charge is -2.35. The van der Waals surface area contributed by atoms with E-state index >= 15 is 0 Å². The van der Waals surface area contributed by atoms with Gasteiger partial charge in [-0.3, -0.25) is 9.59 Å². The Kier molecular flexibility index (Phi) is 4.29. The van der Waals surface area contributed by atoms with Gasteiger partial charge in [-0.1, -0.05) is 6.92 Å². The topological polar surface area (TPSA) is 72.8 Å². The molecule has 1 N–H and O–H groups in total. The van der Waals surface area contributed by atoms with Crippen molar-refractivity contribution in [1.82, 2.24) is 0 Å². The summed E-state index contributed by atoms with van der Waals surface area (Å²) in [5.74, 6) is -1.29. The van der Waals surface area contributed by atoms with Crippen LogP contribution in [-0.4, -0.2) is 36.4 Å². The van der Waals surface area contributed by atoms with E-state index in [4.69, 9.17) is 4.74 Å². The van der Waals surface area contributed by atoms with Crippen molar-refractivity contribution in [3.63, 3.8) is 0 Å². The maximum absolute atomic E-state index is 11.4. The van der Waals surface area contributed by atoms with Gasteiger partial charge in [0.25, 0.3) is 0 Å². The van der Waals surface area contributed by atoms with Crippen LogP contribution < -0.4 is 0 Å². The number of esters is 2. The lowest BCUT2D eigenvalue weighted by atomic mass is 9.78. The maximum Gasteiger partial charge on any atom is 0.308 e. The van der Waals surface area contributed by atoms with Crippen molar-refractivity contribution in [2.24, 2.45) is 11.8 Å². The average molecular weight is 230 g/mol. The number of carbonyl (C=O) groups excluding carboxylic acids is 2. The van der Waals surface area contributed by atoms with Crippen LogP contribution in [0, 0.1) is 11.8 Å². The van der Waals surface area contributed by atoms with Crippen LogP contribution in [0.4, 0.5) is 0 Å². The van der Waals surface area contributed by atoms with Gasteiger partial charge in [-0.25, -0.2) is 0 Å². The Morgan fingerprint density at radius 2 is 1.94 bits per heavy atom. The molecular weight excluding hydrogens is 212 g/mol. The largest absolute Gasteiger partial charge is 0.469 e. The quantitative estimate of drug-likeness (QED) is 0.699. The molecule has 5 nitrogen and oxygen atoms in total. The first kappa shape index (κ1) is 13.0. The van der Waals surface area contributed by atoms with E-state index in [1.54, 1.807) is 0 Å². The zero-order valence-corrected chi connectivity index (χ0v) is 9.80. The number of rotatable bonds is 2. The van der Waals surface area contributed by atoms with Crippen molar-refractivity contribution in [2.75, 3.05) is 7.11 Å². The van der Waals surface area contributed by atoms with E-state index in [0.29, 0.717) is 12.8 Å². The molecule has 0 aromatic carbocycles. The molecule has 0 aromatic rings. The van der Waals surface area contributed by atoms with Crippen LogP contribution in [0.5, 0.6) is 0 Å². The Bertz CT molecular complexity index is 276. The zero-order chi connectivity index (χ0) is 12.3. The first-order chi connectivity index (χ1) is 7.45.